The Labute approximate surface area is 83.7 Å². The Hall–Kier alpha value is -0.0800. The van der Waals surface area contributed by atoms with Gasteiger partial charge in [-0.15, -0.1) is 0 Å². The molecule has 0 saturated carbocycles. The van der Waals surface area contributed by atoms with Crippen molar-refractivity contribution < 1.29 is 0 Å². The molecule has 1 N–H and O–H groups in total. The fraction of sp³-hybridized carbons (Fsp3) is 1.00. The molecule has 0 saturated heterocycles. The zero-order valence-corrected chi connectivity index (χ0v) is 9.60. The SMILES string of the molecule is CCCCNCN(CCC)CCC. The van der Waals surface area contributed by atoms with Crippen molar-refractivity contribution in [3.63, 3.8) is 0 Å². The molecule has 2 heteroatoms. The quantitative estimate of drug-likeness (QED) is 0.439. The van der Waals surface area contributed by atoms with Crippen LogP contribution in [0.25, 0.3) is 0 Å². The molecule has 0 heterocycles. The van der Waals surface area contributed by atoms with E-state index in [0.717, 1.165) is 6.67 Å². The lowest BCUT2D eigenvalue weighted by molar-refractivity contribution is 0.253. The molecule has 2 nitrogen and oxygen atoms in total. The van der Waals surface area contributed by atoms with Crippen LogP contribution in [0.4, 0.5) is 0 Å². The molecule has 0 atom stereocenters. The lowest BCUT2D eigenvalue weighted by Crippen LogP contribution is -2.35. The number of hydrogen-bond acceptors (Lipinski definition) is 2. The highest BCUT2D eigenvalue weighted by Gasteiger charge is 1.99. The minimum atomic E-state index is 1.07. The van der Waals surface area contributed by atoms with E-state index in [2.05, 4.69) is 31.0 Å². The summed E-state index contributed by atoms with van der Waals surface area (Å²) in [6.45, 7) is 11.4. The molecular weight excluding hydrogens is 160 g/mol. The van der Waals surface area contributed by atoms with E-state index < -0.39 is 0 Å². The summed E-state index contributed by atoms with van der Waals surface area (Å²) in [5.74, 6) is 0. The fourth-order valence-electron chi connectivity index (χ4n) is 1.44. The first-order valence-electron chi connectivity index (χ1n) is 5.78. The van der Waals surface area contributed by atoms with E-state index in [0.29, 0.717) is 0 Å². The summed E-state index contributed by atoms with van der Waals surface area (Å²) >= 11 is 0. The first kappa shape index (κ1) is 12.9. The highest BCUT2D eigenvalue weighted by molar-refractivity contribution is 4.54. The van der Waals surface area contributed by atoms with Crippen molar-refractivity contribution in [3.8, 4) is 0 Å². The lowest BCUT2D eigenvalue weighted by Gasteiger charge is -2.21. The zero-order valence-electron chi connectivity index (χ0n) is 9.60. The lowest BCUT2D eigenvalue weighted by atomic mass is 10.3. The summed E-state index contributed by atoms with van der Waals surface area (Å²) in [4.78, 5) is 2.50. The number of unbranched alkanes of at least 4 members (excludes halogenated alkanes) is 1. The van der Waals surface area contributed by atoms with Crippen molar-refractivity contribution in [2.24, 2.45) is 0 Å². The Bertz CT molecular complexity index is 88.1. The van der Waals surface area contributed by atoms with Crippen LogP contribution in [0.15, 0.2) is 0 Å². The average molecular weight is 186 g/mol. The second-order valence-corrected chi connectivity index (χ2v) is 3.63. The van der Waals surface area contributed by atoms with E-state index in [1.807, 2.05) is 0 Å². The van der Waals surface area contributed by atoms with Gasteiger partial charge in [0, 0.05) is 6.67 Å². The molecule has 0 fully saturated rings. The molecule has 0 aliphatic heterocycles. The third kappa shape index (κ3) is 8.26. The molecule has 0 aromatic carbocycles. The third-order valence-corrected chi connectivity index (χ3v) is 2.12. The normalized spacial score (nSPS) is 11.1. The summed E-state index contributed by atoms with van der Waals surface area (Å²) in [5, 5.41) is 3.48. The van der Waals surface area contributed by atoms with E-state index in [1.165, 1.54) is 45.3 Å². The summed E-state index contributed by atoms with van der Waals surface area (Å²) in [7, 11) is 0. The van der Waals surface area contributed by atoms with Crippen LogP contribution in [0.1, 0.15) is 46.5 Å². The standard InChI is InChI=1S/C11H26N2/c1-4-7-8-12-11-13(9-5-2)10-6-3/h12H,4-11H2,1-3H3. The Balaban J connectivity index is 3.33. The van der Waals surface area contributed by atoms with Crippen molar-refractivity contribution >= 4 is 0 Å². The van der Waals surface area contributed by atoms with Crippen LogP contribution in [0, 0.1) is 0 Å². The molecule has 0 bridgehead atoms. The van der Waals surface area contributed by atoms with E-state index >= 15 is 0 Å². The van der Waals surface area contributed by atoms with E-state index in [9.17, 15) is 0 Å². The molecule has 0 spiro atoms. The van der Waals surface area contributed by atoms with Crippen LogP contribution in [0.2, 0.25) is 0 Å². The highest BCUT2D eigenvalue weighted by Crippen LogP contribution is 1.92. The van der Waals surface area contributed by atoms with E-state index in [-0.39, 0.29) is 0 Å². The van der Waals surface area contributed by atoms with Crippen LogP contribution in [0.3, 0.4) is 0 Å². The average Bonchev–Trinajstić information content (AvgIpc) is 2.13. The summed E-state index contributed by atoms with van der Waals surface area (Å²) < 4.78 is 0. The van der Waals surface area contributed by atoms with Gasteiger partial charge in [-0.25, -0.2) is 0 Å². The third-order valence-electron chi connectivity index (χ3n) is 2.12. The van der Waals surface area contributed by atoms with Gasteiger partial charge in [0.25, 0.3) is 0 Å². The summed E-state index contributed by atoms with van der Waals surface area (Å²) in [6.07, 6.45) is 5.10. The van der Waals surface area contributed by atoms with Gasteiger partial charge in [0.1, 0.15) is 0 Å². The van der Waals surface area contributed by atoms with Crippen LogP contribution >= 0.6 is 0 Å². The minimum absolute atomic E-state index is 1.07. The van der Waals surface area contributed by atoms with Gasteiger partial charge in [0.15, 0.2) is 0 Å². The van der Waals surface area contributed by atoms with Gasteiger partial charge in [-0.2, -0.15) is 0 Å². The molecule has 0 unspecified atom stereocenters. The summed E-state index contributed by atoms with van der Waals surface area (Å²) in [5.41, 5.74) is 0. The number of nitrogens with one attached hydrogen (secondary N) is 1. The van der Waals surface area contributed by atoms with Gasteiger partial charge >= 0.3 is 0 Å². The second kappa shape index (κ2) is 10.0. The van der Waals surface area contributed by atoms with Crippen LogP contribution < -0.4 is 5.32 Å². The van der Waals surface area contributed by atoms with Gasteiger partial charge in [-0.1, -0.05) is 27.2 Å². The minimum Gasteiger partial charge on any atom is -0.304 e. The number of nitrogens with zero attached hydrogens (tertiary/aromatic N) is 1. The van der Waals surface area contributed by atoms with Crippen molar-refractivity contribution in [3.05, 3.63) is 0 Å². The molecular formula is C11H26N2. The number of rotatable bonds is 9. The molecule has 0 amide bonds. The monoisotopic (exact) mass is 186 g/mol. The Morgan fingerprint density at radius 1 is 0.923 bits per heavy atom. The fourth-order valence-corrected chi connectivity index (χ4v) is 1.44. The highest BCUT2D eigenvalue weighted by atomic mass is 15.2. The Kier molecular flexibility index (Phi) is 9.94. The predicted octanol–water partition coefficient (Wildman–Crippen LogP) is 2.46. The first-order chi connectivity index (χ1) is 6.35. The maximum Gasteiger partial charge on any atom is 0.0480 e. The molecule has 0 aromatic rings. The Morgan fingerprint density at radius 3 is 2.00 bits per heavy atom. The largest absolute Gasteiger partial charge is 0.304 e. The van der Waals surface area contributed by atoms with E-state index in [4.69, 9.17) is 0 Å². The van der Waals surface area contributed by atoms with Gasteiger partial charge in [0.2, 0.25) is 0 Å². The molecule has 13 heavy (non-hydrogen) atoms. The predicted molar refractivity (Wildman–Crippen MR) is 59.9 cm³/mol. The van der Waals surface area contributed by atoms with Crippen LogP contribution in [-0.2, 0) is 0 Å². The van der Waals surface area contributed by atoms with Crippen molar-refractivity contribution in [1.82, 2.24) is 10.2 Å². The molecule has 0 aliphatic carbocycles. The Morgan fingerprint density at radius 2 is 1.54 bits per heavy atom. The van der Waals surface area contributed by atoms with Gasteiger partial charge < -0.3 is 5.32 Å². The molecule has 0 radical (unpaired) electrons. The second-order valence-electron chi connectivity index (χ2n) is 3.63. The van der Waals surface area contributed by atoms with Crippen molar-refractivity contribution in [2.75, 3.05) is 26.3 Å². The summed E-state index contributed by atoms with van der Waals surface area (Å²) in [6, 6.07) is 0. The van der Waals surface area contributed by atoms with Crippen molar-refractivity contribution in [1.29, 1.82) is 0 Å². The van der Waals surface area contributed by atoms with Gasteiger partial charge in [-0.05, 0) is 38.9 Å². The molecule has 80 valence electrons. The van der Waals surface area contributed by atoms with Crippen LogP contribution in [0.5, 0.6) is 0 Å². The van der Waals surface area contributed by atoms with Crippen LogP contribution in [-0.4, -0.2) is 31.2 Å². The smallest absolute Gasteiger partial charge is 0.0480 e. The molecule has 0 rings (SSSR count). The molecule has 0 aliphatic rings. The maximum absolute atomic E-state index is 3.48. The first-order valence-corrected chi connectivity index (χ1v) is 5.78. The maximum atomic E-state index is 3.48. The van der Waals surface area contributed by atoms with Crippen molar-refractivity contribution in [2.45, 2.75) is 46.5 Å². The number of hydrogen-bond donors (Lipinski definition) is 1. The van der Waals surface area contributed by atoms with Gasteiger partial charge in [0.05, 0.1) is 0 Å². The molecule has 0 aromatic heterocycles. The van der Waals surface area contributed by atoms with Gasteiger partial charge in [-0.3, -0.25) is 4.90 Å². The van der Waals surface area contributed by atoms with E-state index in [1.54, 1.807) is 0 Å². The topological polar surface area (TPSA) is 15.3 Å². The zero-order chi connectivity index (χ0) is 9.94.